The third kappa shape index (κ3) is 2.88. The summed E-state index contributed by atoms with van der Waals surface area (Å²) < 4.78 is 5.07. The van der Waals surface area contributed by atoms with E-state index < -0.39 is 11.9 Å². The van der Waals surface area contributed by atoms with Crippen LogP contribution < -0.4 is 0 Å². The van der Waals surface area contributed by atoms with Gasteiger partial charge in [0.2, 0.25) is 0 Å². The topological polar surface area (TPSA) is 70.8 Å². The van der Waals surface area contributed by atoms with Crippen LogP contribution in [0.4, 0.5) is 0 Å². The molecule has 1 fully saturated rings. The molecule has 2 heterocycles. The van der Waals surface area contributed by atoms with Crippen LogP contribution in [-0.2, 0) is 4.79 Å². The minimum absolute atomic E-state index is 0.115. The van der Waals surface area contributed by atoms with E-state index in [4.69, 9.17) is 9.52 Å². The van der Waals surface area contributed by atoms with E-state index in [1.807, 2.05) is 24.3 Å². The van der Waals surface area contributed by atoms with Crippen molar-refractivity contribution >= 4 is 11.9 Å². The molecule has 0 bridgehead atoms. The predicted octanol–water partition coefficient (Wildman–Crippen LogP) is 2.88. The number of amides is 1. The Kier molecular flexibility index (Phi) is 3.96. The second-order valence-electron chi connectivity index (χ2n) is 5.52. The van der Waals surface area contributed by atoms with Crippen molar-refractivity contribution in [2.24, 2.45) is 5.92 Å². The number of hydrogen-bond donors (Lipinski definition) is 1. The fourth-order valence-corrected chi connectivity index (χ4v) is 2.81. The molecule has 5 nitrogen and oxygen atoms in total. The molecule has 1 aromatic heterocycles. The number of carboxylic acid groups (broad SMARTS) is 1. The van der Waals surface area contributed by atoms with Crippen molar-refractivity contribution in [2.75, 3.05) is 13.1 Å². The highest BCUT2D eigenvalue weighted by Crippen LogP contribution is 2.23. The van der Waals surface area contributed by atoms with Gasteiger partial charge in [0.25, 0.3) is 5.91 Å². The van der Waals surface area contributed by atoms with Gasteiger partial charge in [-0.1, -0.05) is 12.1 Å². The Morgan fingerprint density at radius 2 is 2.09 bits per heavy atom. The maximum absolute atomic E-state index is 12.6. The molecule has 1 saturated heterocycles. The third-order valence-corrected chi connectivity index (χ3v) is 4.02. The molecule has 0 radical (unpaired) electrons. The average molecular weight is 299 g/mol. The molecule has 3 rings (SSSR count). The van der Waals surface area contributed by atoms with Crippen LogP contribution in [0.25, 0.3) is 11.1 Å². The number of furan rings is 1. The van der Waals surface area contributed by atoms with Gasteiger partial charge in [-0.25, -0.2) is 0 Å². The molecule has 1 atom stereocenters. The van der Waals surface area contributed by atoms with Gasteiger partial charge in [0, 0.05) is 24.2 Å². The van der Waals surface area contributed by atoms with E-state index in [-0.39, 0.29) is 12.5 Å². The molecule has 1 amide bonds. The van der Waals surface area contributed by atoms with Crippen LogP contribution in [0, 0.1) is 5.92 Å². The number of carbonyl (C=O) groups excluding carboxylic acids is 1. The van der Waals surface area contributed by atoms with Crippen molar-refractivity contribution in [1.29, 1.82) is 0 Å². The highest BCUT2D eigenvalue weighted by molar-refractivity contribution is 5.95. The van der Waals surface area contributed by atoms with Gasteiger partial charge in [-0.05, 0) is 36.6 Å². The zero-order valence-corrected chi connectivity index (χ0v) is 12.1. The van der Waals surface area contributed by atoms with Crippen LogP contribution in [-0.4, -0.2) is 35.0 Å². The maximum Gasteiger partial charge on any atom is 0.308 e. The Labute approximate surface area is 128 Å². The first-order valence-corrected chi connectivity index (χ1v) is 7.30. The highest BCUT2D eigenvalue weighted by Gasteiger charge is 2.28. The molecule has 1 aliphatic rings. The molecule has 0 saturated carbocycles. The number of nitrogens with zero attached hydrogens (tertiary/aromatic N) is 1. The first-order chi connectivity index (χ1) is 10.6. The average Bonchev–Trinajstić information content (AvgIpc) is 3.09. The molecule has 0 aliphatic carbocycles. The van der Waals surface area contributed by atoms with Crippen LogP contribution in [0.2, 0.25) is 0 Å². The lowest BCUT2D eigenvalue weighted by molar-refractivity contribution is -0.143. The Morgan fingerprint density at radius 3 is 2.82 bits per heavy atom. The Balaban J connectivity index is 1.80. The zero-order valence-electron chi connectivity index (χ0n) is 12.1. The van der Waals surface area contributed by atoms with Crippen LogP contribution >= 0.6 is 0 Å². The van der Waals surface area contributed by atoms with Gasteiger partial charge >= 0.3 is 5.97 Å². The Morgan fingerprint density at radius 1 is 1.23 bits per heavy atom. The normalized spacial score (nSPS) is 18.2. The summed E-state index contributed by atoms with van der Waals surface area (Å²) in [5.74, 6) is -1.41. The summed E-state index contributed by atoms with van der Waals surface area (Å²) in [6.45, 7) is 0.892. The van der Waals surface area contributed by atoms with Gasteiger partial charge in [0.1, 0.15) is 0 Å². The summed E-state index contributed by atoms with van der Waals surface area (Å²) >= 11 is 0. The Hall–Kier alpha value is -2.56. The van der Waals surface area contributed by atoms with E-state index in [0.717, 1.165) is 17.5 Å². The number of rotatable bonds is 3. The fraction of sp³-hybridized carbons (Fsp3) is 0.294. The van der Waals surface area contributed by atoms with Crippen molar-refractivity contribution < 1.29 is 19.1 Å². The summed E-state index contributed by atoms with van der Waals surface area (Å²) in [6.07, 6.45) is 4.58. The molecule has 0 spiro atoms. The van der Waals surface area contributed by atoms with Gasteiger partial charge in [-0.3, -0.25) is 9.59 Å². The monoisotopic (exact) mass is 299 g/mol. The minimum Gasteiger partial charge on any atom is -0.481 e. The van der Waals surface area contributed by atoms with Gasteiger partial charge in [-0.2, -0.15) is 0 Å². The number of carboxylic acids is 1. The molecular weight excluding hydrogens is 282 g/mol. The largest absolute Gasteiger partial charge is 0.481 e. The number of likely N-dealkylation sites (tertiary alicyclic amines) is 1. The molecular formula is C17H17NO4. The van der Waals surface area contributed by atoms with Crippen molar-refractivity contribution in [3.05, 3.63) is 48.4 Å². The van der Waals surface area contributed by atoms with Gasteiger partial charge in [-0.15, -0.1) is 0 Å². The van der Waals surface area contributed by atoms with E-state index in [9.17, 15) is 9.59 Å². The lowest BCUT2D eigenvalue weighted by atomic mass is 9.97. The summed E-state index contributed by atoms with van der Waals surface area (Å²) in [5, 5.41) is 9.13. The summed E-state index contributed by atoms with van der Waals surface area (Å²) in [6, 6.07) is 9.16. The predicted molar refractivity (Wildman–Crippen MR) is 80.4 cm³/mol. The van der Waals surface area contributed by atoms with Gasteiger partial charge in [0.05, 0.1) is 18.4 Å². The Bertz CT molecular complexity index is 678. The molecule has 5 heteroatoms. The molecule has 22 heavy (non-hydrogen) atoms. The third-order valence-electron chi connectivity index (χ3n) is 4.02. The smallest absolute Gasteiger partial charge is 0.308 e. The summed E-state index contributed by atoms with van der Waals surface area (Å²) in [7, 11) is 0. The van der Waals surface area contributed by atoms with Gasteiger partial charge < -0.3 is 14.4 Å². The van der Waals surface area contributed by atoms with E-state index in [2.05, 4.69) is 0 Å². The molecule has 2 aromatic rings. The molecule has 1 aromatic carbocycles. The second-order valence-corrected chi connectivity index (χ2v) is 5.52. The van der Waals surface area contributed by atoms with E-state index in [1.54, 1.807) is 23.5 Å². The van der Waals surface area contributed by atoms with Crippen molar-refractivity contribution in [3.63, 3.8) is 0 Å². The first kappa shape index (κ1) is 14.4. The molecule has 0 unspecified atom stereocenters. The number of piperidine rings is 1. The summed E-state index contributed by atoms with van der Waals surface area (Å²) in [4.78, 5) is 25.4. The standard InChI is InChI=1S/C17H17NO4/c19-16(18-7-2-5-14(10-18)17(20)21)13-4-1-3-12(9-13)15-6-8-22-11-15/h1,3-4,6,8-9,11,14H,2,5,7,10H2,(H,20,21)/t14-/m0/s1. The quantitative estimate of drug-likeness (QED) is 0.946. The van der Waals surface area contributed by atoms with Crippen molar-refractivity contribution in [3.8, 4) is 11.1 Å². The summed E-state index contributed by atoms with van der Waals surface area (Å²) in [5.41, 5.74) is 2.40. The van der Waals surface area contributed by atoms with Crippen LogP contribution in [0.5, 0.6) is 0 Å². The number of hydrogen-bond acceptors (Lipinski definition) is 3. The number of benzene rings is 1. The van der Waals surface area contributed by atoms with Crippen molar-refractivity contribution in [2.45, 2.75) is 12.8 Å². The molecule has 114 valence electrons. The lowest BCUT2D eigenvalue weighted by Gasteiger charge is -2.30. The van der Waals surface area contributed by atoms with E-state index in [0.29, 0.717) is 18.5 Å². The lowest BCUT2D eigenvalue weighted by Crippen LogP contribution is -2.42. The first-order valence-electron chi connectivity index (χ1n) is 7.30. The van der Waals surface area contributed by atoms with E-state index in [1.165, 1.54) is 0 Å². The van der Waals surface area contributed by atoms with E-state index >= 15 is 0 Å². The highest BCUT2D eigenvalue weighted by atomic mass is 16.4. The number of carbonyl (C=O) groups is 2. The van der Waals surface area contributed by atoms with Gasteiger partial charge in [0.15, 0.2) is 0 Å². The minimum atomic E-state index is -0.829. The van der Waals surface area contributed by atoms with Crippen molar-refractivity contribution in [1.82, 2.24) is 4.90 Å². The number of aliphatic carboxylic acids is 1. The maximum atomic E-state index is 12.6. The SMILES string of the molecule is O=C(O)[C@H]1CCCN(C(=O)c2cccc(-c3ccoc3)c2)C1. The zero-order chi connectivity index (χ0) is 15.5. The fourth-order valence-electron chi connectivity index (χ4n) is 2.81. The van der Waals surface area contributed by atoms with Crippen LogP contribution in [0.1, 0.15) is 23.2 Å². The molecule has 1 N–H and O–H groups in total. The van der Waals surface area contributed by atoms with Crippen LogP contribution in [0.15, 0.2) is 47.3 Å². The van der Waals surface area contributed by atoms with Crippen LogP contribution in [0.3, 0.4) is 0 Å². The second kappa shape index (κ2) is 6.05. The molecule has 1 aliphatic heterocycles.